The minimum atomic E-state index is -0.915. The monoisotopic (exact) mass is 237 g/mol. The Morgan fingerprint density at radius 3 is 2.53 bits per heavy atom. The zero-order chi connectivity index (χ0) is 12.8. The Hall–Kier alpha value is -1.85. The lowest BCUT2D eigenvalue weighted by Crippen LogP contribution is -2.17. The largest absolute Gasteiger partial charge is 0.481 e. The number of carboxylic acids is 1. The number of carboxylic acid groups (broad SMARTS) is 1. The van der Waals surface area contributed by atoms with Crippen LogP contribution in [0.15, 0.2) is 12.4 Å². The summed E-state index contributed by atoms with van der Waals surface area (Å²) in [5.74, 6) is -2.24. The van der Waals surface area contributed by atoms with Crippen molar-refractivity contribution in [2.75, 3.05) is 5.32 Å². The molecule has 1 fully saturated rings. The van der Waals surface area contributed by atoms with Crippen molar-refractivity contribution >= 4 is 17.6 Å². The highest BCUT2D eigenvalue weighted by Gasteiger charge is 2.65. The Bertz CT molecular complexity index is 478. The lowest BCUT2D eigenvalue weighted by atomic mass is 10.1. The van der Waals surface area contributed by atoms with Crippen LogP contribution in [0.2, 0.25) is 0 Å². The van der Waals surface area contributed by atoms with E-state index in [1.807, 2.05) is 0 Å². The molecule has 17 heavy (non-hydrogen) atoms. The summed E-state index contributed by atoms with van der Waals surface area (Å²) in [6.45, 7) is 3.58. The van der Waals surface area contributed by atoms with Gasteiger partial charge in [-0.25, -0.2) is 0 Å². The van der Waals surface area contributed by atoms with Gasteiger partial charge in [0, 0.05) is 13.2 Å². The van der Waals surface area contributed by atoms with Crippen molar-refractivity contribution in [1.82, 2.24) is 9.78 Å². The van der Waals surface area contributed by atoms with Crippen LogP contribution in [0, 0.1) is 17.3 Å². The standard InChI is InChI=1S/C11H15N3O3/c1-11(2)7(8(11)10(16)17)9(15)13-6-4-12-14(3)5-6/h4-5,7-8H,1-3H3,(H,13,15)(H,16,17). The highest BCUT2D eigenvalue weighted by molar-refractivity contribution is 5.99. The van der Waals surface area contributed by atoms with E-state index in [2.05, 4.69) is 10.4 Å². The molecule has 1 aliphatic rings. The van der Waals surface area contributed by atoms with Gasteiger partial charge in [0.1, 0.15) is 0 Å². The molecule has 92 valence electrons. The maximum Gasteiger partial charge on any atom is 0.307 e. The number of aliphatic carboxylic acids is 1. The van der Waals surface area contributed by atoms with Crippen molar-refractivity contribution in [1.29, 1.82) is 0 Å². The fraction of sp³-hybridized carbons (Fsp3) is 0.545. The first-order chi connectivity index (χ1) is 7.84. The van der Waals surface area contributed by atoms with Gasteiger partial charge in [0.05, 0.1) is 23.7 Å². The summed E-state index contributed by atoms with van der Waals surface area (Å²) < 4.78 is 1.57. The molecule has 2 rings (SSSR count). The summed E-state index contributed by atoms with van der Waals surface area (Å²) in [5.41, 5.74) is 0.113. The van der Waals surface area contributed by atoms with E-state index in [9.17, 15) is 9.59 Å². The average molecular weight is 237 g/mol. The fourth-order valence-electron chi connectivity index (χ4n) is 2.29. The number of nitrogens with one attached hydrogen (secondary N) is 1. The number of carbonyl (C=O) groups excluding carboxylic acids is 1. The number of aromatic nitrogens is 2. The van der Waals surface area contributed by atoms with Crippen molar-refractivity contribution in [3.8, 4) is 0 Å². The fourth-order valence-corrected chi connectivity index (χ4v) is 2.29. The highest BCUT2D eigenvalue weighted by Crippen LogP contribution is 2.58. The lowest BCUT2D eigenvalue weighted by Gasteiger charge is -2.02. The molecule has 2 unspecified atom stereocenters. The molecule has 6 heteroatoms. The molecule has 0 radical (unpaired) electrons. The first-order valence-electron chi connectivity index (χ1n) is 5.36. The minimum Gasteiger partial charge on any atom is -0.481 e. The molecule has 1 aromatic rings. The van der Waals surface area contributed by atoms with E-state index in [4.69, 9.17) is 5.11 Å². The van der Waals surface area contributed by atoms with Gasteiger partial charge >= 0.3 is 5.97 Å². The van der Waals surface area contributed by atoms with Crippen LogP contribution in [0.3, 0.4) is 0 Å². The number of anilines is 1. The predicted molar refractivity (Wildman–Crippen MR) is 60.2 cm³/mol. The number of nitrogens with zero attached hydrogens (tertiary/aromatic N) is 2. The van der Waals surface area contributed by atoms with E-state index in [1.165, 1.54) is 6.20 Å². The van der Waals surface area contributed by atoms with Crippen molar-refractivity contribution in [2.45, 2.75) is 13.8 Å². The second-order valence-corrected chi connectivity index (χ2v) is 5.01. The van der Waals surface area contributed by atoms with Crippen LogP contribution >= 0.6 is 0 Å². The summed E-state index contributed by atoms with van der Waals surface area (Å²) in [6.07, 6.45) is 3.20. The quantitative estimate of drug-likeness (QED) is 0.811. The predicted octanol–water partition coefficient (Wildman–Crippen LogP) is 0.715. The van der Waals surface area contributed by atoms with Crippen molar-refractivity contribution < 1.29 is 14.7 Å². The molecule has 0 bridgehead atoms. The van der Waals surface area contributed by atoms with Gasteiger partial charge in [0.2, 0.25) is 5.91 Å². The van der Waals surface area contributed by atoms with Crippen LogP contribution in [0.5, 0.6) is 0 Å². The minimum absolute atomic E-state index is 0.254. The molecule has 0 saturated heterocycles. The number of carbonyl (C=O) groups is 2. The van der Waals surface area contributed by atoms with Crippen LogP contribution in [0.1, 0.15) is 13.8 Å². The van der Waals surface area contributed by atoms with Gasteiger partial charge < -0.3 is 10.4 Å². The van der Waals surface area contributed by atoms with Gasteiger partial charge in [-0.1, -0.05) is 13.8 Å². The molecule has 1 amide bonds. The molecule has 2 atom stereocenters. The maximum absolute atomic E-state index is 11.9. The number of hydrogen-bond donors (Lipinski definition) is 2. The Morgan fingerprint density at radius 1 is 1.47 bits per heavy atom. The zero-order valence-electron chi connectivity index (χ0n) is 9.97. The second kappa shape index (κ2) is 3.58. The second-order valence-electron chi connectivity index (χ2n) is 5.01. The van der Waals surface area contributed by atoms with Crippen LogP contribution in [0.4, 0.5) is 5.69 Å². The smallest absolute Gasteiger partial charge is 0.307 e. The average Bonchev–Trinajstić information content (AvgIpc) is 2.54. The third-order valence-electron chi connectivity index (χ3n) is 3.35. The Kier molecular flexibility index (Phi) is 2.45. The van der Waals surface area contributed by atoms with Gasteiger partial charge in [-0.3, -0.25) is 14.3 Å². The van der Waals surface area contributed by atoms with Crippen molar-refractivity contribution in [3.05, 3.63) is 12.4 Å². The SMILES string of the molecule is Cn1cc(NC(=O)C2C(C(=O)O)C2(C)C)cn1. The van der Waals surface area contributed by atoms with E-state index in [0.717, 1.165) is 0 Å². The molecular weight excluding hydrogens is 222 g/mol. The topological polar surface area (TPSA) is 84.2 Å². The molecule has 1 aliphatic carbocycles. The van der Waals surface area contributed by atoms with E-state index in [-0.39, 0.29) is 5.91 Å². The van der Waals surface area contributed by atoms with Gasteiger partial charge in [-0.2, -0.15) is 5.10 Å². The first kappa shape index (κ1) is 11.6. The van der Waals surface area contributed by atoms with Gasteiger partial charge in [-0.15, -0.1) is 0 Å². The van der Waals surface area contributed by atoms with E-state index >= 15 is 0 Å². The normalized spacial score (nSPS) is 25.4. The van der Waals surface area contributed by atoms with Crippen molar-refractivity contribution in [3.63, 3.8) is 0 Å². The molecule has 2 N–H and O–H groups in total. The molecule has 6 nitrogen and oxygen atoms in total. The Labute approximate surface area is 98.6 Å². The van der Waals surface area contributed by atoms with Crippen LogP contribution in [-0.2, 0) is 16.6 Å². The summed E-state index contributed by atoms with van der Waals surface area (Å²) in [7, 11) is 1.75. The molecular formula is C11H15N3O3. The Balaban J connectivity index is 2.05. The third-order valence-corrected chi connectivity index (χ3v) is 3.35. The number of aryl methyl sites for hydroxylation is 1. The molecule has 1 saturated carbocycles. The molecule has 0 aliphatic heterocycles. The molecule has 1 heterocycles. The number of rotatable bonds is 3. The first-order valence-corrected chi connectivity index (χ1v) is 5.36. The summed E-state index contributed by atoms with van der Waals surface area (Å²) >= 11 is 0. The van der Waals surface area contributed by atoms with Gasteiger partial charge in [0.15, 0.2) is 0 Å². The van der Waals surface area contributed by atoms with E-state index in [0.29, 0.717) is 5.69 Å². The lowest BCUT2D eigenvalue weighted by molar-refractivity contribution is -0.140. The van der Waals surface area contributed by atoms with Crippen molar-refractivity contribution in [2.24, 2.45) is 24.3 Å². The van der Waals surface area contributed by atoms with Crippen LogP contribution in [0.25, 0.3) is 0 Å². The highest BCUT2D eigenvalue weighted by atomic mass is 16.4. The molecule has 0 aromatic carbocycles. The molecule has 0 spiro atoms. The van der Waals surface area contributed by atoms with E-state index in [1.54, 1.807) is 31.8 Å². The molecule has 1 aromatic heterocycles. The summed E-state index contributed by atoms with van der Waals surface area (Å²) in [5, 5.41) is 15.6. The van der Waals surface area contributed by atoms with E-state index < -0.39 is 23.2 Å². The van der Waals surface area contributed by atoms with Crippen LogP contribution < -0.4 is 5.32 Å². The maximum atomic E-state index is 11.9. The number of amides is 1. The summed E-state index contributed by atoms with van der Waals surface area (Å²) in [6, 6.07) is 0. The van der Waals surface area contributed by atoms with Gasteiger partial charge in [0.25, 0.3) is 0 Å². The Morgan fingerprint density at radius 2 is 2.12 bits per heavy atom. The number of hydrogen-bond acceptors (Lipinski definition) is 3. The summed E-state index contributed by atoms with van der Waals surface area (Å²) in [4.78, 5) is 22.9. The zero-order valence-corrected chi connectivity index (χ0v) is 9.97. The van der Waals surface area contributed by atoms with Crippen LogP contribution in [-0.4, -0.2) is 26.8 Å². The third kappa shape index (κ3) is 1.90. The van der Waals surface area contributed by atoms with Gasteiger partial charge in [-0.05, 0) is 5.41 Å².